The van der Waals surface area contributed by atoms with E-state index in [0.717, 1.165) is 16.0 Å². The van der Waals surface area contributed by atoms with Gasteiger partial charge >= 0.3 is 0 Å². The van der Waals surface area contributed by atoms with E-state index in [1.54, 1.807) is 44.2 Å². The summed E-state index contributed by atoms with van der Waals surface area (Å²) in [5.41, 5.74) is 3.07. The van der Waals surface area contributed by atoms with Crippen molar-refractivity contribution >= 4 is 17.7 Å². The van der Waals surface area contributed by atoms with Gasteiger partial charge in [-0.25, -0.2) is 8.78 Å². The molecule has 1 saturated heterocycles. The molecular formula is C30H34F2N4O5. The number of hydrogen-bond donors (Lipinski definition) is 3. The second kappa shape index (κ2) is 12.6. The van der Waals surface area contributed by atoms with Crippen LogP contribution in [0, 0.1) is 20.8 Å². The molecular weight excluding hydrogens is 534 g/mol. The fourth-order valence-corrected chi connectivity index (χ4v) is 5.13. The first-order valence-corrected chi connectivity index (χ1v) is 13.4. The van der Waals surface area contributed by atoms with Crippen molar-refractivity contribution in [3.05, 3.63) is 88.3 Å². The Bertz CT molecular complexity index is 1380. The highest BCUT2D eigenvalue weighted by atomic mass is 19.3. The summed E-state index contributed by atoms with van der Waals surface area (Å²) in [7, 11) is 0. The monoisotopic (exact) mass is 568 g/mol. The molecule has 0 aliphatic carbocycles. The SMILES string of the molecule is Cc1ccccc1CNC(=O)C[C@@H]1CC(F)(F)CN1C(=O)[C@@H](O)[C@H](Cc1ccccc1)NC(=O)c1c(C)noc1C. The first kappa shape index (κ1) is 29.9. The molecule has 1 fully saturated rings. The van der Waals surface area contributed by atoms with Crippen LogP contribution in [0.1, 0.15) is 51.3 Å². The highest BCUT2D eigenvalue weighted by Crippen LogP contribution is 2.34. The minimum atomic E-state index is -3.23. The maximum absolute atomic E-state index is 14.6. The number of nitrogens with one attached hydrogen (secondary N) is 2. The highest BCUT2D eigenvalue weighted by molar-refractivity contribution is 5.97. The molecule has 3 atom stereocenters. The van der Waals surface area contributed by atoms with Gasteiger partial charge in [0.25, 0.3) is 17.7 Å². The Hall–Kier alpha value is -4.12. The maximum atomic E-state index is 14.6. The van der Waals surface area contributed by atoms with Crippen LogP contribution in [0.3, 0.4) is 0 Å². The third kappa shape index (κ3) is 7.35. The Morgan fingerprint density at radius 1 is 1.10 bits per heavy atom. The Balaban J connectivity index is 1.50. The maximum Gasteiger partial charge on any atom is 0.267 e. The third-order valence-corrected chi connectivity index (χ3v) is 7.33. The van der Waals surface area contributed by atoms with Crippen molar-refractivity contribution in [3.63, 3.8) is 0 Å². The van der Waals surface area contributed by atoms with Crippen LogP contribution in [0.4, 0.5) is 8.78 Å². The normalized spacial score (nSPS) is 17.6. The zero-order chi connectivity index (χ0) is 29.7. The van der Waals surface area contributed by atoms with Crippen LogP contribution in [-0.2, 0) is 22.6 Å². The number of rotatable bonds is 10. The van der Waals surface area contributed by atoms with Crippen molar-refractivity contribution < 1.29 is 32.8 Å². The number of aryl methyl sites for hydroxylation is 3. The van der Waals surface area contributed by atoms with Gasteiger partial charge in [-0.15, -0.1) is 0 Å². The zero-order valence-corrected chi connectivity index (χ0v) is 23.2. The average molecular weight is 569 g/mol. The summed E-state index contributed by atoms with van der Waals surface area (Å²) >= 11 is 0. The summed E-state index contributed by atoms with van der Waals surface area (Å²) in [5, 5.41) is 20.4. The molecule has 1 aromatic heterocycles. The second-order valence-corrected chi connectivity index (χ2v) is 10.5. The van der Waals surface area contributed by atoms with Crippen LogP contribution in [0.5, 0.6) is 0 Å². The van der Waals surface area contributed by atoms with Gasteiger partial charge < -0.3 is 25.2 Å². The van der Waals surface area contributed by atoms with Gasteiger partial charge in [-0.05, 0) is 43.9 Å². The summed E-state index contributed by atoms with van der Waals surface area (Å²) < 4.78 is 34.2. The van der Waals surface area contributed by atoms with Crippen molar-refractivity contribution in [1.82, 2.24) is 20.7 Å². The van der Waals surface area contributed by atoms with Crippen LogP contribution in [0.25, 0.3) is 0 Å². The standard InChI is InChI=1S/C30H34F2N4O5/c1-18-9-7-8-12-22(18)16-33-25(37)14-23-15-30(31,32)17-36(23)29(40)27(38)24(13-21-10-5-4-6-11-21)34-28(39)26-19(2)35-41-20(26)3/h4-12,23-24,27,38H,13-17H2,1-3H3,(H,33,37)(H,34,39)/t23-,24+,27+/m1/s1. The lowest BCUT2D eigenvalue weighted by atomic mass is 9.99. The van der Waals surface area contributed by atoms with Crippen LogP contribution < -0.4 is 10.6 Å². The molecule has 0 unspecified atom stereocenters. The molecule has 11 heteroatoms. The Labute approximate surface area is 236 Å². The highest BCUT2D eigenvalue weighted by Gasteiger charge is 2.49. The fourth-order valence-electron chi connectivity index (χ4n) is 5.13. The number of amides is 3. The minimum Gasteiger partial charge on any atom is -0.381 e. The van der Waals surface area contributed by atoms with E-state index in [-0.39, 0.29) is 30.7 Å². The van der Waals surface area contributed by atoms with Gasteiger partial charge in [-0.3, -0.25) is 14.4 Å². The first-order valence-electron chi connectivity index (χ1n) is 13.4. The van der Waals surface area contributed by atoms with E-state index in [0.29, 0.717) is 11.3 Å². The molecule has 3 N–H and O–H groups in total. The molecule has 2 heterocycles. The molecule has 0 bridgehead atoms. The molecule has 0 spiro atoms. The summed E-state index contributed by atoms with van der Waals surface area (Å²) in [6.07, 6.45) is -2.87. The molecule has 0 saturated carbocycles. The quantitative estimate of drug-likeness (QED) is 0.345. The Morgan fingerprint density at radius 2 is 1.78 bits per heavy atom. The van der Waals surface area contributed by atoms with Crippen LogP contribution in [-0.4, -0.2) is 63.5 Å². The Morgan fingerprint density at radius 3 is 2.44 bits per heavy atom. The summed E-state index contributed by atoms with van der Waals surface area (Å²) in [4.78, 5) is 40.2. The number of halogens is 2. The van der Waals surface area contributed by atoms with Crippen molar-refractivity contribution in [2.24, 2.45) is 0 Å². The predicted octanol–water partition coefficient (Wildman–Crippen LogP) is 3.24. The smallest absolute Gasteiger partial charge is 0.267 e. The number of alkyl halides is 2. The molecule has 1 aliphatic rings. The fraction of sp³-hybridized carbons (Fsp3) is 0.400. The van der Waals surface area contributed by atoms with E-state index in [9.17, 15) is 28.3 Å². The number of carbonyl (C=O) groups excluding carboxylic acids is 3. The van der Waals surface area contributed by atoms with Crippen LogP contribution >= 0.6 is 0 Å². The molecule has 218 valence electrons. The van der Waals surface area contributed by atoms with Crippen molar-refractivity contribution in [2.75, 3.05) is 6.54 Å². The molecule has 2 aromatic carbocycles. The van der Waals surface area contributed by atoms with Gasteiger partial charge in [0.05, 0.1) is 18.3 Å². The van der Waals surface area contributed by atoms with E-state index in [1.807, 2.05) is 31.2 Å². The van der Waals surface area contributed by atoms with Gasteiger partial charge in [0.2, 0.25) is 5.91 Å². The van der Waals surface area contributed by atoms with E-state index in [1.165, 1.54) is 0 Å². The number of aliphatic hydroxyl groups excluding tert-OH is 1. The number of likely N-dealkylation sites (tertiary alicyclic amines) is 1. The topological polar surface area (TPSA) is 125 Å². The minimum absolute atomic E-state index is 0.0503. The van der Waals surface area contributed by atoms with E-state index in [2.05, 4.69) is 15.8 Å². The number of nitrogens with zero attached hydrogens (tertiary/aromatic N) is 2. The summed E-state index contributed by atoms with van der Waals surface area (Å²) in [6, 6.07) is 14.0. The summed E-state index contributed by atoms with van der Waals surface area (Å²) in [6.45, 7) is 4.33. The number of carbonyl (C=O) groups is 3. The number of hydrogen-bond acceptors (Lipinski definition) is 6. The molecule has 3 amide bonds. The predicted molar refractivity (Wildman–Crippen MR) is 146 cm³/mol. The average Bonchev–Trinajstić information content (AvgIpc) is 3.43. The van der Waals surface area contributed by atoms with Gasteiger partial charge in [0.15, 0.2) is 6.10 Å². The first-order chi connectivity index (χ1) is 19.4. The molecule has 41 heavy (non-hydrogen) atoms. The summed E-state index contributed by atoms with van der Waals surface area (Å²) in [5.74, 6) is -5.07. The van der Waals surface area contributed by atoms with E-state index < -0.39 is 54.8 Å². The lowest BCUT2D eigenvalue weighted by molar-refractivity contribution is -0.144. The van der Waals surface area contributed by atoms with Crippen molar-refractivity contribution in [1.29, 1.82) is 0 Å². The van der Waals surface area contributed by atoms with E-state index >= 15 is 0 Å². The van der Waals surface area contributed by atoms with E-state index in [4.69, 9.17) is 4.52 Å². The molecule has 4 rings (SSSR count). The lowest BCUT2D eigenvalue weighted by Gasteiger charge is -2.30. The van der Waals surface area contributed by atoms with Gasteiger partial charge in [0, 0.05) is 25.4 Å². The lowest BCUT2D eigenvalue weighted by Crippen LogP contribution is -2.54. The molecule has 0 radical (unpaired) electrons. The molecule has 9 nitrogen and oxygen atoms in total. The van der Waals surface area contributed by atoms with Crippen LogP contribution in [0.15, 0.2) is 59.1 Å². The van der Waals surface area contributed by atoms with Gasteiger partial charge in [-0.1, -0.05) is 59.8 Å². The zero-order valence-electron chi connectivity index (χ0n) is 23.2. The van der Waals surface area contributed by atoms with Gasteiger partial charge in [0.1, 0.15) is 11.3 Å². The second-order valence-electron chi connectivity index (χ2n) is 10.5. The molecule has 3 aromatic rings. The number of aromatic nitrogens is 1. The third-order valence-electron chi connectivity index (χ3n) is 7.33. The Kier molecular flexibility index (Phi) is 9.17. The molecule has 1 aliphatic heterocycles. The number of benzene rings is 2. The number of aliphatic hydroxyl groups is 1. The largest absolute Gasteiger partial charge is 0.381 e. The van der Waals surface area contributed by atoms with Gasteiger partial charge in [-0.2, -0.15) is 0 Å². The van der Waals surface area contributed by atoms with Crippen molar-refractivity contribution in [3.8, 4) is 0 Å². The van der Waals surface area contributed by atoms with Crippen molar-refractivity contribution in [2.45, 2.75) is 70.7 Å². The van der Waals surface area contributed by atoms with Crippen LogP contribution in [0.2, 0.25) is 0 Å².